The average molecular weight is 322 g/mol. The Labute approximate surface area is 139 Å². The van der Waals surface area contributed by atoms with Crippen LogP contribution in [0.5, 0.6) is 0 Å². The number of rotatable bonds is 5. The van der Waals surface area contributed by atoms with Crippen LogP contribution in [-0.2, 0) is 9.53 Å². The molecular weight excluding hydrogens is 292 g/mol. The van der Waals surface area contributed by atoms with E-state index in [1.54, 1.807) is 7.05 Å². The maximum absolute atomic E-state index is 12.8. The highest BCUT2D eigenvalue weighted by Gasteiger charge is 2.48. The Morgan fingerprint density at radius 2 is 2.00 bits per heavy atom. The minimum absolute atomic E-state index is 0.00641. The van der Waals surface area contributed by atoms with Crippen molar-refractivity contribution in [2.24, 2.45) is 16.6 Å². The molecule has 1 saturated carbocycles. The first kappa shape index (κ1) is 16.7. The Kier molecular flexibility index (Phi) is 4.92. The van der Waals surface area contributed by atoms with Crippen LogP contribution >= 0.6 is 0 Å². The number of guanidine groups is 1. The zero-order chi connectivity index (χ0) is 16.4. The van der Waals surface area contributed by atoms with Crippen LogP contribution in [0.4, 0.5) is 0 Å². The maximum Gasteiger partial charge on any atom is 0.259 e. The van der Waals surface area contributed by atoms with E-state index in [-0.39, 0.29) is 12.0 Å². The van der Waals surface area contributed by atoms with E-state index in [1.165, 1.54) is 37.0 Å². The third-order valence-corrected chi connectivity index (χ3v) is 5.63. The fraction of sp³-hybridized carbons (Fsp3) is 0.882. The molecule has 3 aliphatic rings. The van der Waals surface area contributed by atoms with Gasteiger partial charge in [0.1, 0.15) is 0 Å². The molecule has 2 unspecified atom stereocenters. The highest BCUT2D eigenvalue weighted by molar-refractivity contribution is 6.06. The minimum atomic E-state index is -0.790. The molecule has 6 nitrogen and oxygen atoms in total. The summed E-state index contributed by atoms with van der Waals surface area (Å²) in [7, 11) is 3.82. The summed E-state index contributed by atoms with van der Waals surface area (Å²) in [5.41, 5.74) is 5.16. The molecule has 2 atom stereocenters. The van der Waals surface area contributed by atoms with Crippen molar-refractivity contribution in [1.82, 2.24) is 9.80 Å². The smallest absolute Gasteiger partial charge is 0.259 e. The highest BCUT2D eigenvalue weighted by Crippen LogP contribution is 2.36. The standard InChI is InChI=1S/C17H30N4O2/c1-20-9-8-14(11-20)23-12-17(10-13-6-4-3-5-7-13)15(22)21(2)16(18)19-17/h13-14H,3-12H2,1-2H3,(H2,18,19). The van der Waals surface area contributed by atoms with Crippen LogP contribution in [0.25, 0.3) is 0 Å². The average Bonchev–Trinajstić information content (AvgIpc) is 3.05. The van der Waals surface area contributed by atoms with Gasteiger partial charge < -0.3 is 15.4 Å². The first-order chi connectivity index (χ1) is 11.0. The minimum Gasteiger partial charge on any atom is -0.374 e. The number of likely N-dealkylation sites (tertiary alicyclic amines) is 1. The summed E-state index contributed by atoms with van der Waals surface area (Å²) < 4.78 is 6.12. The number of carbonyl (C=O) groups is 1. The fourth-order valence-electron chi connectivity index (χ4n) is 4.20. The molecule has 1 saturated heterocycles. The number of nitrogens with zero attached hydrogens (tertiary/aromatic N) is 3. The number of hydrogen-bond acceptors (Lipinski definition) is 5. The van der Waals surface area contributed by atoms with E-state index in [4.69, 9.17) is 10.5 Å². The zero-order valence-electron chi connectivity index (χ0n) is 14.5. The molecule has 0 aromatic rings. The number of aliphatic imine (C=N–C) groups is 1. The Morgan fingerprint density at radius 3 is 2.57 bits per heavy atom. The molecule has 2 heterocycles. The van der Waals surface area contributed by atoms with E-state index in [1.807, 2.05) is 0 Å². The molecule has 6 heteroatoms. The molecule has 1 aliphatic carbocycles. The Hall–Kier alpha value is -1.14. The van der Waals surface area contributed by atoms with E-state index in [9.17, 15) is 4.79 Å². The lowest BCUT2D eigenvalue weighted by atomic mass is 9.79. The van der Waals surface area contributed by atoms with E-state index in [2.05, 4.69) is 16.9 Å². The van der Waals surface area contributed by atoms with Gasteiger partial charge in [-0.1, -0.05) is 32.1 Å². The van der Waals surface area contributed by atoms with Crippen LogP contribution in [0, 0.1) is 5.92 Å². The molecule has 0 aromatic carbocycles. The summed E-state index contributed by atoms with van der Waals surface area (Å²) in [5.74, 6) is 0.899. The van der Waals surface area contributed by atoms with Crippen molar-refractivity contribution in [3.63, 3.8) is 0 Å². The molecular formula is C17H30N4O2. The van der Waals surface area contributed by atoms with Gasteiger partial charge in [-0.2, -0.15) is 0 Å². The predicted molar refractivity (Wildman–Crippen MR) is 90.2 cm³/mol. The van der Waals surface area contributed by atoms with Gasteiger partial charge in [0.25, 0.3) is 5.91 Å². The molecule has 2 fully saturated rings. The largest absolute Gasteiger partial charge is 0.374 e. The molecule has 0 radical (unpaired) electrons. The third-order valence-electron chi connectivity index (χ3n) is 5.63. The van der Waals surface area contributed by atoms with Crippen molar-refractivity contribution in [1.29, 1.82) is 0 Å². The van der Waals surface area contributed by atoms with Crippen LogP contribution in [0.2, 0.25) is 0 Å². The molecule has 1 amide bonds. The SMILES string of the molecule is CN1CCC(OCC2(CC3CCCCC3)N=C(N)N(C)C2=O)C1. The van der Waals surface area contributed by atoms with Gasteiger partial charge >= 0.3 is 0 Å². The summed E-state index contributed by atoms with van der Waals surface area (Å²) in [6.45, 7) is 2.36. The van der Waals surface area contributed by atoms with Gasteiger partial charge in [-0.25, -0.2) is 4.99 Å². The lowest BCUT2D eigenvalue weighted by Gasteiger charge is -2.31. The molecule has 2 N–H and O–H groups in total. The second-order valence-electron chi connectivity index (χ2n) is 7.56. The summed E-state index contributed by atoms with van der Waals surface area (Å²) in [5, 5.41) is 0. The number of nitrogens with two attached hydrogens (primary N) is 1. The number of carbonyl (C=O) groups excluding carboxylic acids is 1. The number of amides is 1. The molecule has 2 aliphatic heterocycles. The Balaban J connectivity index is 1.69. The van der Waals surface area contributed by atoms with Crippen molar-refractivity contribution in [2.45, 2.75) is 56.6 Å². The summed E-state index contributed by atoms with van der Waals surface area (Å²) >= 11 is 0. The molecule has 3 rings (SSSR count). The third kappa shape index (κ3) is 3.53. The number of likely N-dealkylation sites (N-methyl/N-ethyl adjacent to an activating group) is 2. The van der Waals surface area contributed by atoms with Gasteiger partial charge in [-0.05, 0) is 25.8 Å². The van der Waals surface area contributed by atoms with Crippen LogP contribution in [0.3, 0.4) is 0 Å². The number of ether oxygens (including phenoxy) is 1. The molecule has 130 valence electrons. The summed E-state index contributed by atoms with van der Waals surface area (Å²) in [6.07, 6.45) is 8.24. The van der Waals surface area contributed by atoms with Gasteiger partial charge in [0, 0.05) is 20.1 Å². The quantitative estimate of drug-likeness (QED) is 0.826. The number of hydrogen-bond donors (Lipinski definition) is 1. The lowest BCUT2D eigenvalue weighted by molar-refractivity contribution is -0.134. The van der Waals surface area contributed by atoms with Gasteiger partial charge in [-0.15, -0.1) is 0 Å². The van der Waals surface area contributed by atoms with Gasteiger partial charge in [0.2, 0.25) is 0 Å². The van der Waals surface area contributed by atoms with Crippen molar-refractivity contribution in [3.8, 4) is 0 Å². The fourth-order valence-corrected chi connectivity index (χ4v) is 4.20. The van der Waals surface area contributed by atoms with Gasteiger partial charge in [0.15, 0.2) is 11.5 Å². The van der Waals surface area contributed by atoms with Crippen LogP contribution < -0.4 is 5.73 Å². The van der Waals surface area contributed by atoms with Crippen LogP contribution in [0.1, 0.15) is 44.9 Å². The lowest BCUT2D eigenvalue weighted by Crippen LogP contribution is -2.47. The topological polar surface area (TPSA) is 71.2 Å². The van der Waals surface area contributed by atoms with Crippen LogP contribution in [0.15, 0.2) is 4.99 Å². The Morgan fingerprint density at radius 1 is 1.26 bits per heavy atom. The van der Waals surface area contributed by atoms with E-state index < -0.39 is 5.54 Å². The van der Waals surface area contributed by atoms with Gasteiger partial charge in [0.05, 0.1) is 12.7 Å². The van der Waals surface area contributed by atoms with E-state index in [0.29, 0.717) is 18.5 Å². The van der Waals surface area contributed by atoms with Crippen LogP contribution in [-0.4, -0.2) is 67.1 Å². The van der Waals surface area contributed by atoms with Crippen molar-refractivity contribution in [3.05, 3.63) is 0 Å². The van der Waals surface area contributed by atoms with Crippen molar-refractivity contribution in [2.75, 3.05) is 33.8 Å². The molecule has 0 aromatic heterocycles. The molecule has 0 bridgehead atoms. The summed E-state index contributed by atoms with van der Waals surface area (Å²) in [4.78, 5) is 21.2. The normalized spacial score (nSPS) is 33.5. The monoisotopic (exact) mass is 322 g/mol. The first-order valence-electron chi connectivity index (χ1n) is 8.94. The molecule has 0 spiro atoms. The van der Waals surface area contributed by atoms with Crippen molar-refractivity contribution < 1.29 is 9.53 Å². The highest BCUT2D eigenvalue weighted by atomic mass is 16.5. The van der Waals surface area contributed by atoms with Crippen molar-refractivity contribution >= 4 is 11.9 Å². The van der Waals surface area contributed by atoms with E-state index >= 15 is 0 Å². The predicted octanol–water partition coefficient (Wildman–Crippen LogP) is 1.20. The molecule has 23 heavy (non-hydrogen) atoms. The summed E-state index contributed by atoms with van der Waals surface area (Å²) in [6, 6.07) is 0. The Bertz CT molecular complexity index is 475. The first-order valence-corrected chi connectivity index (χ1v) is 8.94. The second kappa shape index (κ2) is 6.77. The zero-order valence-corrected chi connectivity index (χ0v) is 14.5. The second-order valence-corrected chi connectivity index (χ2v) is 7.56. The van der Waals surface area contributed by atoms with E-state index in [0.717, 1.165) is 25.9 Å². The maximum atomic E-state index is 12.8. The van der Waals surface area contributed by atoms with Gasteiger partial charge in [-0.3, -0.25) is 9.69 Å².